The van der Waals surface area contributed by atoms with Crippen LogP contribution in [0.3, 0.4) is 0 Å². The highest BCUT2D eigenvalue weighted by atomic mass is 32.2. The van der Waals surface area contributed by atoms with Crippen LogP contribution in [0.25, 0.3) is 0 Å². The first-order valence-corrected chi connectivity index (χ1v) is 15.7. The first kappa shape index (κ1) is 31.8. The van der Waals surface area contributed by atoms with E-state index in [1.165, 1.54) is 28.6 Å². The second-order valence-electron chi connectivity index (χ2n) is 10.7. The van der Waals surface area contributed by atoms with Crippen molar-refractivity contribution in [2.75, 3.05) is 23.7 Å². The van der Waals surface area contributed by atoms with E-state index in [0.29, 0.717) is 18.7 Å². The Morgan fingerprint density at radius 1 is 0.927 bits per heavy atom. The summed E-state index contributed by atoms with van der Waals surface area (Å²) in [4.78, 5) is 29.1. The lowest BCUT2D eigenvalue weighted by Gasteiger charge is -2.32. The topological polar surface area (TPSA) is 86.8 Å². The van der Waals surface area contributed by atoms with Gasteiger partial charge in [-0.05, 0) is 60.2 Å². The van der Waals surface area contributed by atoms with Crippen molar-refractivity contribution in [2.24, 2.45) is 5.92 Å². The Morgan fingerprint density at radius 2 is 1.56 bits per heavy atom. The van der Waals surface area contributed by atoms with E-state index < -0.39 is 21.9 Å². The average Bonchev–Trinajstić information content (AvgIpc) is 2.93. The van der Waals surface area contributed by atoms with Crippen LogP contribution >= 0.6 is 0 Å². The SMILES string of the molecule is Cc1ccccc1CN(C(=O)CCCN(c1ccc(F)cc1)S(C)(=O)=O)[C@H](Cc1ccccc1)C(=O)NCC(C)C. The molecule has 9 heteroatoms. The molecule has 0 aliphatic heterocycles. The van der Waals surface area contributed by atoms with E-state index in [1.807, 2.05) is 75.4 Å². The van der Waals surface area contributed by atoms with Gasteiger partial charge in [0.05, 0.1) is 11.9 Å². The normalized spacial score (nSPS) is 12.1. The summed E-state index contributed by atoms with van der Waals surface area (Å²) in [5, 5.41) is 3.01. The van der Waals surface area contributed by atoms with Crippen LogP contribution in [-0.4, -0.2) is 50.5 Å². The fourth-order valence-electron chi connectivity index (χ4n) is 4.56. The molecule has 0 aliphatic rings. The molecule has 0 unspecified atom stereocenters. The van der Waals surface area contributed by atoms with Crippen molar-refractivity contribution < 1.29 is 22.4 Å². The molecule has 0 radical (unpaired) electrons. The molecular weight excluding hydrogens is 541 g/mol. The summed E-state index contributed by atoms with van der Waals surface area (Å²) < 4.78 is 39.6. The van der Waals surface area contributed by atoms with E-state index in [1.54, 1.807) is 4.90 Å². The third-order valence-corrected chi connectivity index (χ3v) is 8.02. The molecule has 0 heterocycles. The maximum absolute atomic E-state index is 13.9. The Hall–Kier alpha value is -3.72. The third-order valence-electron chi connectivity index (χ3n) is 6.82. The van der Waals surface area contributed by atoms with Gasteiger partial charge >= 0.3 is 0 Å². The van der Waals surface area contributed by atoms with Crippen LogP contribution < -0.4 is 9.62 Å². The van der Waals surface area contributed by atoms with Crippen LogP contribution in [-0.2, 0) is 32.6 Å². The summed E-state index contributed by atoms with van der Waals surface area (Å²) in [7, 11) is -3.67. The van der Waals surface area contributed by atoms with Gasteiger partial charge in [0, 0.05) is 32.5 Å². The zero-order valence-electron chi connectivity index (χ0n) is 24.2. The summed E-state index contributed by atoms with van der Waals surface area (Å²) in [6.45, 7) is 6.76. The minimum Gasteiger partial charge on any atom is -0.354 e. The fourth-order valence-corrected chi connectivity index (χ4v) is 5.52. The van der Waals surface area contributed by atoms with E-state index in [-0.39, 0.29) is 43.7 Å². The van der Waals surface area contributed by atoms with Gasteiger partial charge in [-0.25, -0.2) is 12.8 Å². The first-order chi connectivity index (χ1) is 19.5. The Balaban J connectivity index is 1.88. The number of carbonyl (C=O) groups is 2. The number of aryl methyl sites for hydroxylation is 1. The number of nitrogens with one attached hydrogen (secondary N) is 1. The smallest absolute Gasteiger partial charge is 0.243 e. The average molecular weight is 582 g/mol. The first-order valence-electron chi connectivity index (χ1n) is 13.8. The van der Waals surface area contributed by atoms with E-state index in [0.717, 1.165) is 22.9 Å². The van der Waals surface area contributed by atoms with Crippen LogP contribution in [0, 0.1) is 18.7 Å². The van der Waals surface area contributed by atoms with Crippen molar-refractivity contribution >= 4 is 27.5 Å². The molecule has 41 heavy (non-hydrogen) atoms. The van der Waals surface area contributed by atoms with E-state index in [4.69, 9.17) is 0 Å². The quantitative estimate of drug-likeness (QED) is 0.287. The van der Waals surface area contributed by atoms with Gasteiger partial charge in [0.2, 0.25) is 21.8 Å². The van der Waals surface area contributed by atoms with Crippen LogP contribution in [0.5, 0.6) is 0 Å². The molecule has 0 fully saturated rings. The van der Waals surface area contributed by atoms with Gasteiger partial charge in [0.25, 0.3) is 0 Å². The zero-order chi connectivity index (χ0) is 30.0. The molecule has 0 aromatic heterocycles. The number of hydrogen-bond acceptors (Lipinski definition) is 4. The number of sulfonamides is 1. The highest BCUT2D eigenvalue weighted by Gasteiger charge is 2.31. The van der Waals surface area contributed by atoms with E-state index in [2.05, 4.69) is 5.32 Å². The van der Waals surface area contributed by atoms with Crippen LogP contribution in [0.15, 0.2) is 78.9 Å². The van der Waals surface area contributed by atoms with E-state index in [9.17, 15) is 22.4 Å². The lowest BCUT2D eigenvalue weighted by molar-refractivity contribution is -0.141. The number of carbonyl (C=O) groups excluding carboxylic acids is 2. The highest BCUT2D eigenvalue weighted by molar-refractivity contribution is 7.92. The van der Waals surface area contributed by atoms with Gasteiger partial charge in [-0.2, -0.15) is 0 Å². The number of rotatable bonds is 14. The second-order valence-corrected chi connectivity index (χ2v) is 12.6. The minimum absolute atomic E-state index is 0.0296. The van der Waals surface area contributed by atoms with E-state index >= 15 is 0 Å². The van der Waals surface area contributed by atoms with Crippen LogP contribution in [0.2, 0.25) is 0 Å². The van der Waals surface area contributed by atoms with Gasteiger partial charge in [-0.3, -0.25) is 13.9 Å². The lowest BCUT2D eigenvalue weighted by atomic mass is 10.0. The number of anilines is 1. The molecule has 0 saturated carbocycles. The van der Waals surface area contributed by atoms with Gasteiger partial charge in [-0.15, -0.1) is 0 Å². The van der Waals surface area contributed by atoms with Crippen molar-refractivity contribution in [3.05, 3.63) is 101 Å². The molecule has 0 saturated heterocycles. The number of amides is 2. The molecule has 3 aromatic rings. The summed E-state index contributed by atoms with van der Waals surface area (Å²) in [5.41, 5.74) is 3.19. The predicted octanol–water partition coefficient (Wildman–Crippen LogP) is 5.09. The summed E-state index contributed by atoms with van der Waals surface area (Å²) >= 11 is 0. The summed E-state index contributed by atoms with van der Waals surface area (Å²) in [6, 6.07) is 21.8. The van der Waals surface area contributed by atoms with Gasteiger partial charge < -0.3 is 10.2 Å². The van der Waals surface area contributed by atoms with Crippen LogP contribution in [0.4, 0.5) is 10.1 Å². The maximum Gasteiger partial charge on any atom is 0.243 e. The summed E-state index contributed by atoms with van der Waals surface area (Å²) in [6.07, 6.45) is 1.67. The zero-order valence-corrected chi connectivity index (χ0v) is 25.0. The number of nitrogens with zero attached hydrogens (tertiary/aromatic N) is 2. The molecule has 0 aliphatic carbocycles. The molecule has 1 N–H and O–H groups in total. The van der Waals surface area contributed by atoms with Crippen molar-refractivity contribution in [1.82, 2.24) is 10.2 Å². The van der Waals surface area contributed by atoms with Crippen LogP contribution in [0.1, 0.15) is 43.4 Å². The fraction of sp³-hybridized carbons (Fsp3) is 0.375. The Bertz CT molecular complexity index is 1400. The largest absolute Gasteiger partial charge is 0.354 e. The predicted molar refractivity (Wildman–Crippen MR) is 161 cm³/mol. The Morgan fingerprint density at radius 3 is 2.17 bits per heavy atom. The van der Waals surface area contributed by atoms with Crippen molar-refractivity contribution in [1.29, 1.82) is 0 Å². The number of benzene rings is 3. The number of hydrogen-bond donors (Lipinski definition) is 1. The van der Waals surface area contributed by atoms with Gasteiger partial charge in [-0.1, -0.05) is 68.4 Å². The minimum atomic E-state index is -3.67. The van der Waals surface area contributed by atoms with Gasteiger partial charge in [0.1, 0.15) is 11.9 Å². The van der Waals surface area contributed by atoms with Crippen molar-refractivity contribution in [3.8, 4) is 0 Å². The molecule has 220 valence electrons. The molecule has 0 bridgehead atoms. The Kier molecular flexibility index (Phi) is 11.5. The Labute approximate surface area is 243 Å². The standard InChI is InChI=1S/C32H40FN3O4S/c1-24(2)22-34-32(38)30(21-26-12-6-5-7-13-26)35(23-27-14-9-8-11-25(27)3)31(37)15-10-20-36(41(4,39)40)29-18-16-28(33)17-19-29/h5-9,11-14,16-19,24,30H,10,15,20-23H2,1-4H3,(H,34,38)/t30-/m1/s1. The molecule has 1 atom stereocenters. The molecule has 3 aromatic carbocycles. The maximum atomic E-state index is 13.9. The summed E-state index contributed by atoms with van der Waals surface area (Å²) in [5.74, 6) is -0.704. The molecule has 3 rings (SSSR count). The lowest BCUT2D eigenvalue weighted by Crippen LogP contribution is -2.51. The highest BCUT2D eigenvalue weighted by Crippen LogP contribution is 2.21. The monoisotopic (exact) mass is 581 g/mol. The molecule has 7 nitrogen and oxygen atoms in total. The molecule has 2 amide bonds. The van der Waals surface area contributed by atoms with Crippen molar-refractivity contribution in [3.63, 3.8) is 0 Å². The molecular formula is C32H40FN3O4S. The number of halogens is 1. The molecule has 0 spiro atoms. The van der Waals surface area contributed by atoms with Crippen molar-refractivity contribution in [2.45, 2.75) is 52.6 Å². The van der Waals surface area contributed by atoms with Gasteiger partial charge in [0.15, 0.2) is 0 Å². The second kappa shape index (κ2) is 14.8. The third kappa shape index (κ3) is 9.70.